The van der Waals surface area contributed by atoms with E-state index in [4.69, 9.17) is 0 Å². The summed E-state index contributed by atoms with van der Waals surface area (Å²) >= 11 is 1.47. The van der Waals surface area contributed by atoms with Gasteiger partial charge in [-0.1, -0.05) is 30.3 Å². The molecule has 0 spiro atoms. The first-order valence-electron chi connectivity index (χ1n) is 7.63. The van der Waals surface area contributed by atoms with Gasteiger partial charge in [0.2, 0.25) is 5.91 Å². The van der Waals surface area contributed by atoms with Gasteiger partial charge in [-0.15, -0.1) is 11.8 Å². The molecule has 1 aromatic carbocycles. The van der Waals surface area contributed by atoms with Gasteiger partial charge in [-0.05, 0) is 24.8 Å². The molecule has 0 radical (unpaired) electrons. The van der Waals surface area contributed by atoms with Gasteiger partial charge >= 0.3 is 0 Å². The zero-order chi connectivity index (χ0) is 15.6. The van der Waals surface area contributed by atoms with E-state index in [1.807, 2.05) is 18.2 Å². The van der Waals surface area contributed by atoms with E-state index in [0.29, 0.717) is 18.7 Å². The Morgan fingerprint density at radius 2 is 2.00 bits per heavy atom. The third-order valence-electron chi connectivity index (χ3n) is 4.50. The van der Waals surface area contributed by atoms with Gasteiger partial charge < -0.3 is 5.32 Å². The molecule has 1 saturated heterocycles. The third kappa shape index (κ3) is 3.84. The van der Waals surface area contributed by atoms with Crippen LogP contribution in [0.1, 0.15) is 24.8 Å². The topological polar surface area (TPSA) is 63.2 Å². The molecule has 2 aliphatic rings. The second-order valence-corrected chi connectivity index (χ2v) is 9.78. The van der Waals surface area contributed by atoms with Crippen LogP contribution < -0.4 is 5.32 Å². The van der Waals surface area contributed by atoms with Crippen LogP contribution in [0.4, 0.5) is 0 Å². The number of carbonyl (C=O) groups excluding carboxylic acids is 1. The number of rotatable bonds is 6. The highest BCUT2D eigenvalue weighted by Gasteiger charge is 2.44. The van der Waals surface area contributed by atoms with Gasteiger partial charge in [-0.25, -0.2) is 8.42 Å². The van der Waals surface area contributed by atoms with Crippen molar-refractivity contribution in [1.29, 1.82) is 0 Å². The van der Waals surface area contributed by atoms with Crippen molar-refractivity contribution in [3.8, 4) is 0 Å². The molecule has 6 heteroatoms. The van der Waals surface area contributed by atoms with E-state index < -0.39 is 9.84 Å². The molecule has 0 unspecified atom stereocenters. The fourth-order valence-corrected chi connectivity index (χ4v) is 6.39. The number of benzene rings is 1. The number of hydrogen-bond donors (Lipinski definition) is 1. The van der Waals surface area contributed by atoms with Crippen molar-refractivity contribution in [2.24, 2.45) is 0 Å². The van der Waals surface area contributed by atoms with Crippen molar-refractivity contribution in [1.82, 2.24) is 5.32 Å². The normalized spacial score (nSPS) is 24.8. The smallest absolute Gasteiger partial charge is 0.230 e. The van der Waals surface area contributed by atoms with Crippen molar-refractivity contribution in [3.63, 3.8) is 0 Å². The molecular weight excluding hydrogens is 318 g/mol. The van der Waals surface area contributed by atoms with Crippen LogP contribution in [0.3, 0.4) is 0 Å². The number of carbonyl (C=O) groups is 1. The van der Waals surface area contributed by atoms with E-state index in [1.165, 1.54) is 17.3 Å². The van der Waals surface area contributed by atoms with Crippen LogP contribution in [0.5, 0.6) is 0 Å². The number of amides is 1. The first-order chi connectivity index (χ1) is 10.5. The summed E-state index contributed by atoms with van der Waals surface area (Å²) in [4.78, 5) is 12.0. The summed E-state index contributed by atoms with van der Waals surface area (Å²) in [5, 5.41) is 3.10. The number of sulfone groups is 1. The molecule has 3 rings (SSSR count). The highest BCUT2D eigenvalue weighted by atomic mass is 32.2. The molecule has 120 valence electrons. The highest BCUT2D eigenvalue weighted by molar-refractivity contribution is 8.02. The van der Waals surface area contributed by atoms with Gasteiger partial charge in [-0.3, -0.25) is 4.79 Å². The van der Waals surface area contributed by atoms with Crippen LogP contribution >= 0.6 is 11.8 Å². The molecular formula is C16H21NO3S2. The van der Waals surface area contributed by atoms with Crippen LogP contribution in [0.15, 0.2) is 30.3 Å². The Hall–Kier alpha value is -1.01. The number of nitrogens with one attached hydrogen (secondary N) is 1. The first kappa shape index (κ1) is 15.9. The lowest BCUT2D eigenvalue weighted by atomic mass is 9.96. The Balaban J connectivity index is 1.43. The zero-order valence-electron chi connectivity index (χ0n) is 12.5. The van der Waals surface area contributed by atoms with E-state index in [0.717, 1.165) is 12.8 Å². The molecule has 22 heavy (non-hydrogen) atoms. The summed E-state index contributed by atoms with van der Waals surface area (Å²) in [6.45, 7) is 0.680. The standard InChI is InChI=1S/C16H21NO3S2/c18-15(10-21-14-6-9-22(19,20)11-14)17-12-16(7-8-16)13-4-2-1-3-5-13/h1-5,14H,6-12H2,(H,17,18)/t14-/m0/s1. The summed E-state index contributed by atoms with van der Waals surface area (Å²) < 4.78 is 22.8. The maximum atomic E-state index is 12.0. The van der Waals surface area contributed by atoms with Gasteiger partial charge in [0.1, 0.15) is 0 Å². The van der Waals surface area contributed by atoms with Crippen molar-refractivity contribution in [3.05, 3.63) is 35.9 Å². The molecule has 1 aliphatic heterocycles. The second kappa shape index (κ2) is 6.24. The average molecular weight is 339 g/mol. The summed E-state index contributed by atoms with van der Waals surface area (Å²) in [6.07, 6.45) is 2.91. The molecule has 1 heterocycles. The fraction of sp³-hybridized carbons (Fsp3) is 0.562. The van der Waals surface area contributed by atoms with Crippen LogP contribution in [-0.2, 0) is 20.0 Å². The van der Waals surface area contributed by atoms with Crippen LogP contribution in [0.25, 0.3) is 0 Å². The Morgan fingerprint density at radius 3 is 2.59 bits per heavy atom. The highest BCUT2D eigenvalue weighted by Crippen LogP contribution is 2.47. The molecule has 0 aromatic heterocycles. The van der Waals surface area contributed by atoms with E-state index in [-0.39, 0.29) is 28.1 Å². The molecule has 1 atom stereocenters. The molecule has 1 amide bonds. The lowest BCUT2D eigenvalue weighted by Crippen LogP contribution is -2.33. The summed E-state index contributed by atoms with van der Waals surface area (Å²) in [5.74, 6) is 0.851. The van der Waals surface area contributed by atoms with Crippen LogP contribution in [0, 0.1) is 0 Å². The van der Waals surface area contributed by atoms with E-state index in [2.05, 4.69) is 17.4 Å². The monoisotopic (exact) mass is 339 g/mol. The van der Waals surface area contributed by atoms with Crippen LogP contribution in [-0.4, -0.2) is 43.4 Å². The van der Waals surface area contributed by atoms with Crippen molar-refractivity contribution in [2.75, 3.05) is 23.8 Å². The lowest BCUT2D eigenvalue weighted by Gasteiger charge is -2.17. The summed E-state index contributed by atoms with van der Waals surface area (Å²) in [6, 6.07) is 10.3. The largest absolute Gasteiger partial charge is 0.354 e. The average Bonchev–Trinajstić information content (AvgIpc) is 3.22. The first-order valence-corrected chi connectivity index (χ1v) is 10.5. The molecule has 1 aliphatic carbocycles. The van der Waals surface area contributed by atoms with Gasteiger partial charge in [0.25, 0.3) is 0 Å². The third-order valence-corrected chi connectivity index (χ3v) is 7.79. The maximum absolute atomic E-state index is 12.0. The molecule has 1 N–H and O–H groups in total. The van der Waals surface area contributed by atoms with Crippen LogP contribution in [0.2, 0.25) is 0 Å². The van der Waals surface area contributed by atoms with E-state index >= 15 is 0 Å². The molecule has 0 bridgehead atoms. The molecule has 1 saturated carbocycles. The predicted molar refractivity (Wildman–Crippen MR) is 89.9 cm³/mol. The molecule has 1 aromatic rings. The van der Waals surface area contributed by atoms with E-state index in [9.17, 15) is 13.2 Å². The van der Waals surface area contributed by atoms with Gasteiger partial charge in [0.05, 0.1) is 17.3 Å². The van der Waals surface area contributed by atoms with Crippen molar-refractivity contribution in [2.45, 2.75) is 29.9 Å². The fourth-order valence-electron chi connectivity index (χ4n) is 2.91. The summed E-state index contributed by atoms with van der Waals surface area (Å²) in [5.41, 5.74) is 1.42. The van der Waals surface area contributed by atoms with E-state index in [1.54, 1.807) is 0 Å². The zero-order valence-corrected chi connectivity index (χ0v) is 14.1. The van der Waals surface area contributed by atoms with Gasteiger partial charge in [0, 0.05) is 17.2 Å². The number of thioether (sulfide) groups is 1. The second-order valence-electron chi connectivity index (χ2n) is 6.26. The van der Waals surface area contributed by atoms with Gasteiger partial charge in [-0.2, -0.15) is 0 Å². The van der Waals surface area contributed by atoms with Crippen molar-refractivity contribution < 1.29 is 13.2 Å². The minimum Gasteiger partial charge on any atom is -0.354 e. The SMILES string of the molecule is O=C(CS[C@H]1CCS(=O)(=O)C1)NCC1(c2ccccc2)CC1. The van der Waals surface area contributed by atoms with Gasteiger partial charge in [0.15, 0.2) is 9.84 Å². The Labute approximate surface area is 136 Å². The minimum atomic E-state index is -2.86. The Bertz CT molecular complexity index is 639. The summed E-state index contributed by atoms with van der Waals surface area (Å²) in [7, 11) is -2.86. The lowest BCUT2D eigenvalue weighted by molar-refractivity contribution is -0.118. The molecule has 2 fully saturated rings. The van der Waals surface area contributed by atoms with Crippen molar-refractivity contribution >= 4 is 27.5 Å². The predicted octanol–water partition coefficient (Wildman–Crippen LogP) is 1.75. The maximum Gasteiger partial charge on any atom is 0.230 e. The number of hydrogen-bond acceptors (Lipinski definition) is 4. The minimum absolute atomic E-state index is 0.0107. The quantitative estimate of drug-likeness (QED) is 0.858. The Morgan fingerprint density at radius 1 is 1.27 bits per heavy atom. The Kier molecular flexibility index (Phi) is 4.50. The molecule has 4 nitrogen and oxygen atoms in total.